The number of ether oxygens (including phenoxy) is 1. The van der Waals surface area contributed by atoms with Crippen molar-refractivity contribution >= 4 is 46.3 Å². The van der Waals surface area contributed by atoms with Crippen LogP contribution < -0.4 is 25.2 Å². The fourth-order valence-electron chi connectivity index (χ4n) is 6.40. The Morgan fingerprint density at radius 2 is 1.80 bits per heavy atom. The number of amides is 1. The molecule has 0 radical (unpaired) electrons. The Morgan fingerprint density at radius 3 is 2.58 bits per heavy atom. The predicted octanol–water partition coefficient (Wildman–Crippen LogP) is 4.25. The van der Waals surface area contributed by atoms with Crippen LogP contribution in [0.3, 0.4) is 0 Å². The quantitative estimate of drug-likeness (QED) is 0.397. The zero-order valence-electron chi connectivity index (χ0n) is 23.2. The van der Waals surface area contributed by atoms with Crippen LogP contribution in [0.1, 0.15) is 48.0 Å². The summed E-state index contributed by atoms with van der Waals surface area (Å²) in [6.07, 6.45) is 8.06. The van der Waals surface area contributed by atoms with E-state index < -0.39 is 0 Å². The van der Waals surface area contributed by atoms with Crippen LogP contribution in [0.4, 0.5) is 28.8 Å². The molecule has 210 valence electrons. The number of nitrogens with zero attached hydrogens (tertiary/aromatic N) is 4. The Labute approximate surface area is 240 Å². The molecular formula is C30H37ClN7O2+. The van der Waals surface area contributed by atoms with E-state index in [1.165, 1.54) is 45.2 Å². The fraction of sp³-hybridized carbons (Fsp3) is 0.433. The number of halogens is 1. The van der Waals surface area contributed by atoms with Crippen molar-refractivity contribution in [2.24, 2.45) is 0 Å². The minimum absolute atomic E-state index is 0.00421. The summed E-state index contributed by atoms with van der Waals surface area (Å²) in [5.41, 5.74) is 4.37. The maximum atomic E-state index is 13.3. The van der Waals surface area contributed by atoms with E-state index in [9.17, 15) is 4.79 Å². The first-order valence-electron chi connectivity index (χ1n) is 14.2. The fourth-order valence-corrected chi connectivity index (χ4v) is 6.53. The van der Waals surface area contributed by atoms with Crippen LogP contribution in [0.15, 0.2) is 42.6 Å². The molecule has 40 heavy (non-hydrogen) atoms. The SMILES string of the molecule is COc1ccccc1Nc1ncc(Cl)c(Nc2ccc(N3CCC([NH+]4CCCCC4)CC3)c3c2C(=O)N(C)C3)n1. The lowest BCUT2D eigenvalue weighted by Crippen LogP contribution is -3.16. The zero-order chi connectivity index (χ0) is 27.6. The number of carbonyl (C=O) groups excluding carboxylic acids is 1. The predicted molar refractivity (Wildman–Crippen MR) is 159 cm³/mol. The van der Waals surface area contributed by atoms with E-state index in [0.717, 1.165) is 36.1 Å². The summed E-state index contributed by atoms with van der Waals surface area (Å²) in [5.74, 6) is 1.48. The van der Waals surface area contributed by atoms with Crippen molar-refractivity contribution in [1.29, 1.82) is 0 Å². The molecule has 2 fully saturated rings. The Morgan fingerprint density at radius 1 is 1.02 bits per heavy atom. The van der Waals surface area contributed by atoms with E-state index in [1.54, 1.807) is 23.1 Å². The van der Waals surface area contributed by atoms with E-state index >= 15 is 0 Å². The summed E-state index contributed by atoms with van der Waals surface area (Å²) in [5, 5.41) is 6.89. The van der Waals surface area contributed by atoms with E-state index in [0.29, 0.717) is 40.3 Å². The summed E-state index contributed by atoms with van der Waals surface area (Å²) < 4.78 is 5.43. The van der Waals surface area contributed by atoms with Crippen molar-refractivity contribution in [2.75, 3.05) is 55.9 Å². The van der Waals surface area contributed by atoms with E-state index in [-0.39, 0.29) is 5.91 Å². The summed E-state index contributed by atoms with van der Waals surface area (Å²) in [4.78, 5) is 28.3. The van der Waals surface area contributed by atoms with Crippen molar-refractivity contribution in [3.63, 3.8) is 0 Å². The minimum Gasteiger partial charge on any atom is -0.495 e. The summed E-state index contributed by atoms with van der Waals surface area (Å²) in [7, 11) is 3.47. The van der Waals surface area contributed by atoms with Gasteiger partial charge in [0, 0.05) is 50.8 Å². The van der Waals surface area contributed by atoms with Gasteiger partial charge >= 0.3 is 0 Å². The van der Waals surface area contributed by atoms with Gasteiger partial charge in [0.25, 0.3) is 5.91 Å². The molecule has 1 amide bonds. The van der Waals surface area contributed by atoms with Crippen molar-refractivity contribution in [1.82, 2.24) is 14.9 Å². The molecule has 3 aliphatic rings. The molecule has 1 aromatic heterocycles. The molecule has 0 aliphatic carbocycles. The molecule has 3 aliphatic heterocycles. The molecule has 3 N–H and O–H groups in total. The van der Waals surface area contributed by atoms with Gasteiger partial charge in [-0.05, 0) is 43.5 Å². The second-order valence-corrected chi connectivity index (χ2v) is 11.4. The highest BCUT2D eigenvalue weighted by atomic mass is 35.5. The lowest BCUT2D eigenvalue weighted by Gasteiger charge is -2.39. The highest BCUT2D eigenvalue weighted by molar-refractivity contribution is 6.33. The number of fused-ring (bicyclic) bond motifs is 1. The Balaban J connectivity index is 1.23. The first-order chi connectivity index (χ1) is 19.5. The van der Waals surface area contributed by atoms with Gasteiger partial charge in [0.1, 0.15) is 10.8 Å². The van der Waals surface area contributed by atoms with Gasteiger partial charge in [0.05, 0.1) is 49.4 Å². The molecule has 2 saturated heterocycles. The van der Waals surface area contributed by atoms with Gasteiger partial charge in [-0.2, -0.15) is 4.98 Å². The summed E-state index contributed by atoms with van der Waals surface area (Å²) >= 11 is 6.51. The maximum absolute atomic E-state index is 13.3. The molecule has 0 saturated carbocycles. The van der Waals surface area contributed by atoms with E-state index in [4.69, 9.17) is 16.3 Å². The van der Waals surface area contributed by atoms with Crippen molar-refractivity contribution in [3.05, 3.63) is 58.7 Å². The second-order valence-electron chi connectivity index (χ2n) is 11.0. The topological polar surface area (TPSA) is 87.1 Å². The molecular weight excluding hydrogens is 526 g/mol. The number of hydrogen-bond acceptors (Lipinski definition) is 7. The van der Waals surface area contributed by atoms with Gasteiger partial charge in [0.15, 0.2) is 5.82 Å². The number of piperidine rings is 2. The van der Waals surface area contributed by atoms with Crippen LogP contribution >= 0.6 is 11.6 Å². The highest BCUT2D eigenvalue weighted by Gasteiger charge is 2.34. The van der Waals surface area contributed by atoms with Crippen molar-refractivity contribution in [2.45, 2.75) is 44.7 Å². The number of quaternary nitrogens is 1. The second kappa shape index (κ2) is 11.5. The van der Waals surface area contributed by atoms with Gasteiger partial charge in [0.2, 0.25) is 5.95 Å². The largest absolute Gasteiger partial charge is 0.495 e. The number of methoxy groups -OCH3 is 1. The Kier molecular flexibility index (Phi) is 7.67. The number of carbonyl (C=O) groups is 1. The smallest absolute Gasteiger partial charge is 0.256 e. The van der Waals surface area contributed by atoms with Gasteiger partial charge in [-0.25, -0.2) is 4.98 Å². The van der Waals surface area contributed by atoms with Crippen LogP contribution in [0.5, 0.6) is 5.75 Å². The number of benzene rings is 2. The average molecular weight is 563 g/mol. The molecule has 10 heteroatoms. The molecule has 3 aromatic rings. The first-order valence-corrected chi connectivity index (χ1v) is 14.6. The standard InChI is InChI=1S/C30H36ClN7O2/c1-36-19-21-25(38-16-12-20(13-17-38)37-14-6-3-7-15-37)11-10-24(27(21)29(36)39)33-28-22(31)18-32-30(35-28)34-23-8-4-5-9-26(23)40-2/h4-5,8-11,18,20H,3,6-7,12-17,19H2,1-2H3,(H2,32,33,34,35)/p+1. The van der Waals surface area contributed by atoms with E-state index in [1.807, 2.05) is 37.4 Å². The maximum Gasteiger partial charge on any atom is 0.256 e. The number of aromatic nitrogens is 2. The molecule has 0 atom stereocenters. The molecule has 0 spiro atoms. The Bertz CT molecular complexity index is 1390. The van der Waals surface area contributed by atoms with Crippen molar-refractivity contribution in [3.8, 4) is 5.75 Å². The molecule has 6 rings (SSSR count). The van der Waals surface area contributed by atoms with Crippen LogP contribution in [-0.2, 0) is 6.54 Å². The lowest BCUT2D eigenvalue weighted by atomic mass is 9.97. The van der Waals surface area contributed by atoms with Gasteiger partial charge in [-0.3, -0.25) is 4.79 Å². The molecule has 0 bridgehead atoms. The van der Waals surface area contributed by atoms with E-state index in [2.05, 4.69) is 31.6 Å². The first kappa shape index (κ1) is 26.7. The number of anilines is 5. The number of rotatable bonds is 7. The van der Waals surface area contributed by atoms with Crippen LogP contribution in [-0.4, -0.2) is 67.2 Å². The van der Waals surface area contributed by atoms with Crippen LogP contribution in [0.2, 0.25) is 5.02 Å². The average Bonchev–Trinajstić information content (AvgIpc) is 3.29. The summed E-state index contributed by atoms with van der Waals surface area (Å²) in [6, 6.07) is 12.4. The third-order valence-corrected chi connectivity index (χ3v) is 8.78. The third-order valence-electron chi connectivity index (χ3n) is 8.50. The normalized spacial score (nSPS) is 18.1. The van der Waals surface area contributed by atoms with Gasteiger partial charge < -0.3 is 30.1 Å². The number of nitrogens with one attached hydrogen (secondary N) is 3. The number of likely N-dealkylation sites (tertiary alicyclic amines) is 1. The molecule has 4 heterocycles. The lowest BCUT2D eigenvalue weighted by molar-refractivity contribution is -0.930. The van der Waals surface area contributed by atoms with Gasteiger partial charge in [-0.15, -0.1) is 0 Å². The monoisotopic (exact) mass is 562 g/mol. The molecule has 0 unspecified atom stereocenters. The third kappa shape index (κ3) is 5.28. The van der Waals surface area contributed by atoms with Crippen molar-refractivity contribution < 1.29 is 14.4 Å². The zero-order valence-corrected chi connectivity index (χ0v) is 23.9. The Hall–Kier alpha value is -3.56. The van der Waals surface area contributed by atoms with Crippen LogP contribution in [0, 0.1) is 0 Å². The number of hydrogen-bond donors (Lipinski definition) is 3. The summed E-state index contributed by atoms with van der Waals surface area (Å²) in [6.45, 7) is 5.29. The minimum atomic E-state index is 0.00421. The van der Waals surface area contributed by atoms with Gasteiger partial charge in [-0.1, -0.05) is 23.7 Å². The van der Waals surface area contributed by atoms with Crippen LogP contribution in [0.25, 0.3) is 0 Å². The molecule has 9 nitrogen and oxygen atoms in total. The highest BCUT2D eigenvalue weighted by Crippen LogP contribution is 2.39. The number of para-hydroxylation sites is 2. The molecule has 2 aromatic carbocycles.